The Balaban J connectivity index is 0.00000196. The summed E-state index contributed by atoms with van der Waals surface area (Å²) in [5, 5.41) is 3.31. The van der Waals surface area contributed by atoms with Gasteiger partial charge in [-0.05, 0) is 48.4 Å². The second-order valence-corrected chi connectivity index (χ2v) is 8.10. The van der Waals surface area contributed by atoms with E-state index in [1.807, 2.05) is 25.2 Å². The molecule has 2 aliphatic heterocycles. The van der Waals surface area contributed by atoms with Crippen LogP contribution in [0.15, 0.2) is 41.3 Å². The molecule has 6 nitrogen and oxygen atoms in total. The third kappa shape index (κ3) is 3.60. The van der Waals surface area contributed by atoms with Crippen molar-refractivity contribution in [3.8, 4) is 5.75 Å². The zero-order valence-electron chi connectivity index (χ0n) is 14.5. The Morgan fingerprint density at radius 2 is 2.00 bits per heavy atom. The van der Waals surface area contributed by atoms with Gasteiger partial charge in [0.1, 0.15) is 12.4 Å². The standard InChI is InChI=1S/C18H21N3O3S.ClH/c1-21-8-9-24-18-11-16(4-5-17(18)21)25(22,23)20-15-3-2-14-12-19-7-6-13(14)10-15;/h2-5,10-11,19-20H,6-9,12H2,1H3;1H. The molecule has 0 radical (unpaired) electrons. The van der Waals surface area contributed by atoms with Crippen molar-refractivity contribution >= 4 is 33.8 Å². The van der Waals surface area contributed by atoms with Crippen LogP contribution in [0.4, 0.5) is 11.4 Å². The molecule has 2 N–H and O–H groups in total. The lowest BCUT2D eigenvalue weighted by atomic mass is 10.0. The van der Waals surface area contributed by atoms with E-state index in [2.05, 4.69) is 14.9 Å². The summed E-state index contributed by atoms with van der Waals surface area (Å²) in [5.74, 6) is 0.605. The van der Waals surface area contributed by atoms with Crippen LogP contribution in [-0.4, -0.2) is 35.2 Å². The minimum absolute atomic E-state index is 0. The van der Waals surface area contributed by atoms with Crippen LogP contribution >= 0.6 is 12.4 Å². The topological polar surface area (TPSA) is 70.7 Å². The SMILES string of the molecule is CN1CCOc2cc(S(=O)(=O)Nc3ccc4c(c3)CCNC4)ccc21.Cl. The second-order valence-electron chi connectivity index (χ2n) is 6.42. The minimum atomic E-state index is -3.65. The molecule has 0 unspecified atom stereocenters. The Morgan fingerprint density at radius 1 is 1.15 bits per heavy atom. The molecular weight excluding hydrogens is 374 g/mol. The first-order chi connectivity index (χ1) is 12.0. The number of hydrogen-bond acceptors (Lipinski definition) is 5. The second kappa shape index (κ2) is 7.34. The van der Waals surface area contributed by atoms with Crippen molar-refractivity contribution in [2.24, 2.45) is 0 Å². The summed E-state index contributed by atoms with van der Waals surface area (Å²) in [5.41, 5.74) is 3.91. The molecule has 0 aliphatic carbocycles. The van der Waals surface area contributed by atoms with Crippen LogP contribution in [0.1, 0.15) is 11.1 Å². The number of ether oxygens (including phenoxy) is 1. The summed E-state index contributed by atoms with van der Waals surface area (Å²) in [6, 6.07) is 10.7. The van der Waals surface area contributed by atoms with Crippen molar-refractivity contribution in [3.63, 3.8) is 0 Å². The van der Waals surface area contributed by atoms with Crippen molar-refractivity contribution in [1.29, 1.82) is 0 Å². The van der Waals surface area contributed by atoms with Crippen molar-refractivity contribution in [1.82, 2.24) is 5.32 Å². The number of anilines is 2. The fourth-order valence-electron chi connectivity index (χ4n) is 3.26. The summed E-state index contributed by atoms with van der Waals surface area (Å²) >= 11 is 0. The summed E-state index contributed by atoms with van der Waals surface area (Å²) in [6.45, 7) is 3.09. The van der Waals surface area contributed by atoms with Gasteiger partial charge >= 0.3 is 0 Å². The third-order valence-electron chi connectivity index (χ3n) is 4.68. The highest BCUT2D eigenvalue weighted by Gasteiger charge is 2.21. The van der Waals surface area contributed by atoms with E-state index in [0.717, 1.165) is 31.7 Å². The molecule has 0 amide bonds. The highest BCUT2D eigenvalue weighted by Crippen LogP contribution is 2.33. The maximum atomic E-state index is 12.7. The van der Waals surface area contributed by atoms with Crippen LogP contribution in [0.2, 0.25) is 0 Å². The number of sulfonamides is 1. The van der Waals surface area contributed by atoms with Gasteiger partial charge in [0.15, 0.2) is 0 Å². The van der Waals surface area contributed by atoms with E-state index in [4.69, 9.17) is 4.74 Å². The predicted octanol–water partition coefficient (Wildman–Crippen LogP) is 2.38. The number of likely N-dealkylation sites (N-methyl/N-ethyl adjacent to an activating group) is 1. The Hall–Kier alpha value is -1.96. The Labute approximate surface area is 160 Å². The third-order valence-corrected chi connectivity index (χ3v) is 6.06. The van der Waals surface area contributed by atoms with Gasteiger partial charge in [0.25, 0.3) is 10.0 Å². The molecule has 0 fully saturated rings. The van der Waals surface area contributed by atoms with Crippen LogP contribution in [0.5, 0.6) is 5.75 Å². The average Bonchev–Trinajstić information content (AvgIpc) is 2.61. The molecule has 8 heteroatoms. The lowest BCUT2D eigenvalue weighted by molar-refractivity contribution is 0.310. The summed E-state index contributed by atoms with van der Waals surface area (Å²) in [4.78, 5) is 2.26. The quantitative estimate of drug-likeness (QED) is 0.835. The highest BCUT2D eigenvalue weighted by atomic mass is 35.5. The maximum Gasteiger partial charge on any atom is 0.262 e. The van der Waals surface area contributed by atoms with E-state index in [0.29, 0.717) is 18.0 Å². The van der Waals surface area contributed by atoms with E-state index < -0.39 is 10.0 Å². The van der Waals surface area contributed by atoms with Gasteiger partial charge in [0.05, 0.1) is 17.1 Å². The lowest BCUT2D eigenvalue weighted by Gasteiger charge is -2.27. The van der Waals surface area contributed by atoms with Crippen LogP contribution in [0, 0.1) is 0 Å². The molecule has 4 rings (SSSR count). The fraction of sp³-hybridized carbons (Fsp3) is 0.333. The number of benzene rings is 2. The molecule has 26 heavy (non-hydrogen) atoms. The Bertz CT molecular complexity index is 918. The number of hydrogen-bond donors (Lipinski definition) is 2. The van der Waals surface area contributed by atoms with Crippen molar-refractivity contribution in [3.05, 3.63) is 47.5 Å². The molecular formula is C18H22ClN3O3S. The average molecular weight is 396 g/mol. The molecule has 140 valence electrons. The van der Waals surface area contributed by atoms with Gasteiger partial charge in [-0.25, -0.2) is 8.42 Å². The van der Waals surface area contributed by atoms with Crippen LogP contribution < -0.4 is 19.7 Å². The molecule has 0 aromatic heterocycles. The predicted molar refractivity (Wildman–Crippen MR) is 105 cm³/mol. The largest absolute Gasteiger partial charge is 0.490 e. The summed E-state index contributed by atoms with van der Waals surface area (Å²) < 4.78 is 33.8. The van der Waals surface area contributed by atoms with E-state index in [-0.39, 0.29) is 17.3 Å². The molecule has 0 saturated heterocycles. The van der Waals surface area contributed by atoms with Gasteiger partial charge in [-0.1, -0.05) is 6.07 Å². The van der Waals surface area contributed by atoms with Gasteiger partial charge in [0.2, 0.25) is 0 Å². The zero-order chi connectivity index (χ0) is 17.4. The smallest absolute Gasteiger partial charge is 0.262 e. The van der Waals surface area contributed by atoms with E-state index in [1.165, 1.54) is 11.1 Å². The van der Waals surface area contributed by atoms with Crippen LogP contribution in [-0.2, 0) is 23.0 Å². The molecule has 0 atom stereocenters. The number of rotatable bonds is 3. The number of nitrogens with zero attached hydrogens (tertiary/aromatic N) is 1. The molecule has 0 bridgehead atoms. The molecule has 0 saturated carbocycles. The highest BCUT2D eigenvalue weighted by molar-refractivity contribution is 7.92. The van der Waals surface area contributed by atoms with Crippen LogP contribution in [0.3, 0.4) is 0 Å². The minimum Gasteiger partial charge on any atom is -0.490 e. The first kappa shape index (κ1) is 18.8. The maximum absolute atomic E-state index is 12.7. The Kier molecular flexibility index (Phi) is 5.32. The molecule has 2 aromatic rings. The molecule has 2 aromatic carbocycles. The van der Waals surface area contributed by atoms with E-state index >= 15 is 0 Å². The number of nitrogens with one attached hydrogen (secondary N) is 2. The van der Waals surface area contributed by atoms with E-state index in [1.54, 1.807) is 18.2 Å². The summed E-state index contributed by atoms with van der Waals surface area (Å²) in [7, 11) is -1.69. The first-order valence-electron chi connectivity index (χ1n) is 8.36. The molecule has 0 spiro atoms. The summed E-state index contributed by atoms with van der Waals surface area (Å²) in [6.07, 6.45) is 0.907. The molecule has 2 heterocycles. The van der Waals surface area contributed by atoms with E-state index in [9.17, 15) is 8.42 Å². The van der Waals surface area contributed by atoms with Gasteiger partial charge in [-0.2, -0.15) is 0 Å². The monoisotopic (exact) mass is 395 g/mol. The normalized spacial score (nSPS) is 16.0. The number of fused-ring (bicyclic) bond motifs is 2. The first-order valence-corrected chi connectivity index (χ1v) is 9.84. The Morgan fingerprint density at radius 3 is 2.85 bits per heavy atom. The molecule has 2 aliphatic rings. The zero-order valence-corrected chi connectivity index (χ0v) is 16.1. The fourth-order valence-corrected chi connectivity index (χ4v) is 4.32. The lowest BCUT2D eigenvalue weighted by Crippen LogP contribution is -2.29. The van der Waals surface area contributed by atoms with Gasteiger partial charge in [0, 0.05) is 25.3 Å². The van der Waals surface area contributed by atoms with Crippen LogP contribution in [0.25, 0.3) is 0 Å². The van der Waals surface area contributed by atoms with Crippen molar-refractivity contribution in [2.45, 2.75) is 17.9 Å². The number of halogens is 1. The van der Waals surface area contributed by atoms with Crippen molar-refractivity contribution in [2.75, 3.05) is 36.4 Å². The van der Waals surface area contributed by atoms with Gasteiger partial charge < -0.3 is 15.0 Å². The van der Waals surface area contributed by atoms with Crippen molar-refractivity contribution < 1.29 is 13.2 Å². The van der Waals surface area contributed by atoms with Gasteiger partial charge in [-0.3, -0.25) is 4.72 Å². The van der Waals surface area contributed by atoms with Gasteiger partial charge in [-0.15, -0.1) is 12.4 Å².